The van der Waals surface area contributed by atoms with Gasteiger partial charge in [-0.25, -0.2) is 9.55 Å². The molecular formula is C22H19ClN6O3. The van der Waals surface area contributed by atoms with Crippen LogP contribution in [0.4, 0.5) is 5.95 Å². The Balaban J connectivity index is 1.78. The predicted molar refractivity (Wildman–Crippen MR) is 119 cm³/mol. The van der Waals surface area contributed by atoms with E-state index >= 15 is 0 Å². The highest BCUT2D eigenvalue weighted by Gasteiger charge is 2.22. The third-order valence-electron chi connectivity index (χ3n) is 4.51. The second-order valence-corrected chi connectivity index (χ2v) is 7.40. The van der Waals surface area contributed by atoms with Crippen LogP contribution in [0.25, 0.3) is 16.9 Å². The molecule has 0 saturated heterocycles. The molecule has 4 rings (SSSR count). The molecule has 0 bridgehead atoms. The summed E-state index contributed by atoms with van der Waals surface area (Å²) in [7, 11) is 0. The van der Waals surface area contributed by atoms with Crippen molar-refractivity contribution in [1.82, 2.24) is 24.5 Å². The Morgan fingerprint density at radius 3 is 2.75 bits per heavy atom. The van der Waals surface area contributed by atoms with E-state index in [-0.39, 0.29) is 25.2 Å². The van der Waals surface area contributed by atoms with Crippen molar-refractivity contribution in [2.24, 2.45) is 0 Å². The molecule has 3 aromatic heterocycles. The van der Waals surface area contributed by atoms with E-state index in [2.05, 4.69) is 31.8 Å². The van der Waals surface area contributed by atoms with Crippen molar-refractivity contribution in [3.63, 3.8) is 0 Å². The van der Waals surface area contributed by atoms with E-state index in [0.29, 0.717) is 33.1 Å². The molecule has 4 aromatic rings. The Labute approximate surface area is 188 Å². The second-order valence-electron chi connectivity index (χ2n) is 6.96. The molecule has 0 radical (unpaired) electrons. The Morgan fingerprint density at radius 1 is 1.19 bits per heavy atom. The molecule has 3 heterocycles. The van der Waals surface area contributed by atoms with Gasteiger partial charge in [-0.3, -0.25) is 4.98 Å². The maximum atomic E-state index is 10.7. The van der Waals surface area contributed by atoms with Crippen LogP contribution in [0.15, 0.2) is 48.8 Å². The number of aliphatic hydroxyl groups excluding tert-OH is 1. The summed E-state index contributed by atoms with van der Waals surface area (Å²) in [6.45, 7) is 1.46. The number of hydrogen-bond donors (Lipinski definition) is 3. The normalized spacial score (nSPS) is 12.8. The number of imidazole rings is 1. The molecule has 4 N–H and O–H groups in total. The number of pyridine rings is 1. The number of rotatable bonds is 5. The topological polar surface area (TPSA) is 132 Å². The lowest BCUT2D eigenvalue weighted by atomic mass is 10.0. The average Bonchev–Trinajstić information content (AvgIpc) is 3.14. The number of ether oxygens (including phenoxy) is 1. The number of nitrogens with two attached hydrogens (primary N) is 1. The first-order valence-corrected chi connectivity index (χ1v) is 9.98. The number of aromatic nitrogens is 5. The summed E-state index contributed by atoms with van der Waals surface area (Å²) in [6, 6.07) is 10.5. The fourth-order valence-corrected chi connectivity index (χ4v) is 3.11. The number of fused-ring (bicyclic) bond motifs is 1. The molecule has 0 fully saturated rings. The van der Waals surface area contributed by atoms with Crippen molar-refractivity contribution in [2.75, 3.05) is 18.9 Å². The largest absolute Gasteiger partial charge is 0.462 e. The average molecular weight is 451 g/mol. The molecule has 1 atom stereocenters. The van der Waals surface area contributed by atoms with Crippen molar-refractivity contribution in [3.8, 4) is 23.7 Å². The van der Waals surface area contributed by atoms with Crippen LogP contribution in [0, 0.1) is 11.8 Å². The van der Waals surface area contributed by atoms with Crippen LogP contribution in [-0.4, -0.2) is 47.9 Å². The van der Waals surface area contributed by atoms with E-state index in [1.807, 2.05) is 0 Å². The van der Waals surface area contributed by atoms with Gasteiger partial charge in [0.25, 0.3) is 0 Å². The molecule has 162 valence electrons. The molecule has 32 heavy (non-hydrogen) atoms. The van der Waals surface area contributed by atoms with Gasteiger partial charge in [0.15, 0.2) is 5.60 Å². The molecule has 9 nitrogen and oxygen atoms in total. The lowest BCUT2D eigenvalue weighted by molar-refractivity contribution is 0.117. The molecule has 0 spiro atoms. The Morgan fingerprint density at radius 2 is 2.03 bits per heavy atom. The highest BCUT2D eigenvalue weighted by atomic mass is 35.5. The standard InChI is InChI=1S/C22H19ClN6O3/c1-22(31,18-5-3-15(23)13-26-18)8-6-14-2-4-16-17(12-14)29(21(27-16)32-11-10-30)19-7-9-25-20(24)28-19/h2-5,7,9,12-13,30-31H,10-11H2,1H3,(H2,24,25,28). The van der Waals surface area contributed by atoms with Gasteiger partial charge in [0.05, 0.1) is 28.4 Å². The van der Waals surface area contributed by atoms with Crippen molar-refractivity contribution in [1.29, 1.82) is 0 Å². The van der Waals surface area contributed by atoms with Gasteiger partial charge in [0, 0.05) is 24.0 Å². The maximum Gasteiger partial charge on any atom is 0.303 e. The summed E-state index contributed by atoms with van der Waals surface area (Å²) < 4.78 is 7.25. The third-order valence-corrected chi connectivity index (χ3v) is 4.73. The first kappa shape index (κ1) is 21.5. The van der Waals surface area contributed by atoms with Gasteiger partial charge < -0.3 is 20.7 Å². The quantitative estimate of drug-likeness (QED) is 0.394. The molecule has 0 aliphatic heterocycles. The van der Waals surface area contributed by atoms with Gasteiger partial charge in [-0.15, -0.1) is 0 Å². The minimum absolute atomic E-state index is 0.0630. The zero-order valence-corrected chi connectivity index (χ0v) is 17.8. The minimum atomic E-state index is -1.48. The molecular weight excluding hydrogens is 432 g/mol. The van der Waals surface area contributed by atoms with Crippen LogP contribution in [0.2, 0.25) is 5.02 Å². The van der Waals surface area contributed by atoms with E-state index < -0.39 is 5.60 Å². The van der Waals surface area contributed by atoms with E-state index in [0.717, 1.165) is 0 Å². The number of halogens is 1. The monoisotopic (exact) mass is 450 g/mol. The zero-order chi connectivity index (χ0) is 22.7. The molecule has 1 unspecified atom stereocenters. The number of nitrogens with zero attached hydrogens (tertiary/aromatic N) is 5. The van der Waals surface area contributed by atoms with Crippen LogP contribution >= 0.6 is 11.6 Å². The first-order chi connectivity index (χ1) is 15.4. The SMILES string of the molecule is CC(O)(C#Cc1ccc2nc(OCCO)n(-c3ccnc(N)n3)c2c1)c1ccc(Cl)cn1. The highest BCUT2D eigenvalue weighted by molar-refractivity contribution is 6.30. The Kier molecular flexibility index (Phi) is 5.92. The zero-order valence-electron chi connectivity index (χ0n) is 17.0. The van der Waals surface area contributed by atoms with Crippen LogP contribution in [0.3, 0.4) is 0 Å². The van der Waals surface area contributed by atoms with Crippen LogP contribution in [0.5, 0.6) is 6.01 Å². The second kappa shape index (κ2) is 8.80. The van der Waals surface area contributed by atoms with Crippen LogP contribution < -0.4 is 10.5 Å². The number of hydrogen-bond acceptors (Lipinski definition) is 8. The Hall–Kier alpha value is -3.71. The van der Waals surface area contributed by atoms with Crippen LogP contribution in [0.1, 0.15) is 18.2 Å². The lowest BCUT2D eigenvalue weighted by Gasteiger charge is -2.15. The molecule has 1 aromatic carbocycles. The first-order valence-electron chi connectivity index (χ1n) is 9.60. The van der Waals surface area contributed by atoms with Gasteiger partial charge in [-0.1, -0.05) is 23.4 Å². The minimum Gasteiger partial charge on any atom is -0.462 e. The smallest absolute Gasteiger partial charge is 0.303 e. The van der Waals surface area contributed by atoms with Gasteiger partial charge >= 0.3 is 6.01 Å². The Bertz CT molecular complexity index is 1330. The van der Waals surface area contributed by atoms with Crippen molar-refractivity contribution < 1.29 is 14.9 Å². The van der Waals surface area contributed by atoms with Crippen molar-refractivity contribution in [3.05, 3.63) is 65.1 Å². The fourth-order valence-electron chi connectivity index (χ4n) is 3.00. The number of aliphatic hydroxyl groups is 2. The van der Waals surface area contributed by atoms with Crippen molar-refractivity contribution >= 4 is 28.6 Å². The number of benzene rings is 1. The van der Waals surface area contributed by atoms with Gasteiger partial charge in [-0.05, 0) is 37.3 Å². The molecule has 0 aliphatic rings. The molecule has 0 amide bonds. The van der Waals surface area contributed by atoms with Crippen molar-refractivity contribution in [2.45, 2.75) is 12.5 Å². The summed E-state index contributed by atoms with van der Waals surface area (Å²) in [4.78, 5) is 16.8. The van der Waals surface area contributed by atoms with E-state index in [9.17, 15) is 5.11 Å². The lowest BCUT2D eigenvalue weighted by Crippen LogP contribution is -2.20. The third kappa shape index (κ3) is 4.48. The summed E-state index contributed by atoms with van der Waals surface area (Å²) in [5.74, 6) is 6.38. The van der Waals surface area contributed by atoms with E-state index in [1.165, 1.54) is 12.4 Å². The summed E-state index contributed by atoms with van der Waals surface area (Å²) in [6.07, 6.45) is 2.98. The highest BCUT2D eigenvalue weighted by Crippen LogP contribution is 2.27. The van der Waals surface area contributed by atoms with Gasteiger partial charge in [0.2, 0.25) is 5.95 Å². The summed E-state index contributed by atoms with van der Waals surface area (Å²) in [5, 5.41) is 20.4. The molecule has 10 heteroatoms. The van der Waals surface area contributed by atoms with Crippen LogP contribution in [-0.2, 0) is 5.60 Å². The summed E-state index contributed by atoms with van der Waals surface area (Å²) >= 11 is 5.87. The fraction of sp³-hybridized carbons (Fsp3) is 0.182. The number of anilines is 1. The van der Waals surface area contributed by atoms with Gasteiger partial charge in [-0.2, -0.15) is 9.97 Å². The van der Waals surface area contributed by atoms with E-state index in [1.54, 1.807) is 47.9 Å². The molecule has 0 aliphatic carbocycles. The van der Waals surface area contributed by atoms with Gasteiger partial charge in [0.1, 0.15) is 12.4 Å². The maximum absolute atomic E-state index is 10.7. The molecule has 0 saturated carbocycles. The van der Waals surface area contributed by atoms with E-state index in [4.69, 9.17) is 27.2 Å². The summed E-state index contributed by atoms with van der Waals surface area (Å²) in [5.41, 5.74) is 6.58. The number of nitrogen functional groups attached to an aromatic ring is 1. The predicted octanol–water partition coefficient (Wildman–Crippen LogP) is 2.08.